The third kappa shape index (κ3) is 5.11. The Morgan fingerprint density at radius 1 is 1.06 bits per heavy atom. The van der Waals surface area contributed by atoms with Crippen LogP contribution in [0.15, 0.2) is 59.5 Å². The summed E-state index contributed by atoms with van der Waals surface area (Å²) in [6, 6.07) is 13.4. The fourth-order valence-electron chi connectivity index (χ4n) is 3.38. The zero-order valence-corrected chi connectivity index (χ0v) is 18.5. The summed E-state index contributed by atoms with van der Waals surface area (Å²) in [4.78, 5) is 12.5. The molecule has 0 aliphatic rings. The van der Waals surface area contributed by atoms with E-state index in [0.717, 1.165) is 17.7 Å². The molecule has 1 heterocycles. The predicted octanol–water partition coefficient (Wildman–Crippen LogP) is 5.25. The van der Waals surface area contributed by atoms with E-state index in [0.29, 0.717) is 27.5 Å². The second-order valence-corrected chi connectivity index (χ2v) is 8.20. The van der Waals surface area contributed by atoms with E-state index in [1.807, 2.05) is 6.07 Å². The maximum atomic E-state index is 13.0. The van der Waals surface area contributed by atoms with Crippen LogP contribution >= 0.6 is 0 Å². The lowest BCUT2D eigenvalue weighted by Crippen LogP contribution is -2.09. The van der Waals surface area contributed by atoms with Crippen molar-refractivity contribution in [3.05, 3.63) is 71.4 Å². The second kappa shape index (κ2) is 9.70. The Hall–Kier alpha value is -2.91. The first-order valence-electron chi connectivity index (χ1n) is 9.76. The highest BCUT2D eigenvalue weighted by molar-refractivity contribution is 7.80. The van der Waals surface area contributed by atoms with Gasteiger partial charge in [-0.2, -0.15) is 13.2 Å². The van der Waals surface area contributed by atoms with Crippen molar-refractivity contribution in [1.29, 1.82) is 0 Å². The zero-order chi connectivity index (χ0) is 23.5. The number of esters is 1. The standard InChI is InChI=1S/C23H22F3NO4S/c1-4-31-22(28)14-17-13-21(16-5-11-20(12-6-16)32(29)30-3)27(15(17)2)19-9-7-18(8-10-19)23(24,25)26/h5-13H,4,14H2,1-3H3. The molecule has 0 radical (unpaired) electrons. The molecule has 0 aliphatic carbocycles. The van der Waals surface area contributed by atoms with E-state index in [-0.39, 0.29) is 13.0 Å². The van der Waals surface area contributed by atoms with Gasteiger partial charge in [0, 0.05) is 11.4 Å². The van der Waals surface area contributed by atoms with Crippen LogP contribution in [0.3, 0.4) is 0 Å². The minimum atomic E-state index is -4.44. The number of benzene rings is 2. The summed E-state index contributed by atoms with van der Waals surface area (Å²) in [6.45, 7) is 3.77. The summed E-state index contributed by atoms with van der Waals surface area (Å²) < 4.78 is 62.5. The molecule has 1 aromatic heterocycles. The van der Waals surface area contributed by atoms with Gasteiger partial charge in [-0.15, -0.1) is 0 Å². The molecule has 32 heavy (non-hydrogen) atoms. The molecule has 0 amide bonds. The van der Waals surface area contributed by atoms with Crippen LogP contribution in [-0.2, 0) is 37.4 Å². The number of ether oxygens (including phenoxy) is 1. The molecule has 0 N–H and O–H groups in total. The molecule has 0 aliphatic heterocycles. The number of nitrogens with zero attached hydrogens (tertiary/aromatic N) is 1. The van der Waals surface area contributed by atoms with E-state index >= 15 is 0 Å². The number of carbonyl (C=O) groups excluding carboxylic acids is 1. The van der Waals surface area contributed by atoms with E-state index in [9.17, 15) is 22.2 Å². The van der Waals surface area contributed by atoms with Crippen molar-refractivity contribution in [3.63, 3.8) is 0 Å². The molecule has 2 aromatic carbocycles. The van der Waals surface area contributed by atoms with Crippen LogP contribution in [0.25, 0.3) is 16.9 Å². The molecular weight excluding hydrogens is 443 g/mol. The largest absolute Gasteiger partial charge is 0.466 e. The van der Waals surface area contributed by atoms with Crippen molar-refractivity contribution >= 4 is 17.0 Å². The zero-order valence-electron chi connectivity index (χ0n) is 17.7. The van der Waals surface area contributed by atoms with Gasteiger partial charge in [-0.05, 0) is 67.4 Å². The Balaban J connectivity index is 2.10. The van der Waals surface area contributed by atoms with Gasteiger partial charge in [-0.25, -0.2) is 4.21 Å². The molecule has 0 bridgehead atoms. The number of hydrogen-bond acceptors (Lipinski definition) is 4. The Morgan fingerprint density at radius 2 is 1.69 bits per heavy atom. The summed E-state index contributed by atoms with van der Waals surface area (Å²) in [5.74, 6) is -0.391. The van der Waals surface area contributed by atoms with Crippen LogP contribution in [0.1, 0.15) is 23.7 Å². The Bertz CT molecular complexity index is 1120. The van der Waals surface area contributed by atoms with Gasteiger partial charge in [0.2, 0.25) is 0 Å². The van der Waals surface area contributed by atoms with Gasteiger partial charge in [0.05, 0.1) is 36.3 Å². The number of carbonyl (C=O) groups is 1. The summed E-state index contributed by atoms with van der Waals surface area (Å²) in [5.41, 5.74) is 2.59. The lowest BCUT2D eigenvalue weighted by atomic mass is 10.1. The lowest BCUT2D eigenvalue weighted by molar-refractivity contribution is -0.142. The van der Waals surface area contributed by atoms with Gasteiger partial charge >= 0.3 is 12.1 Å². The molecule has 0 saturated carbocycles. The molecule has 3 aromatic rings. The maximum absolute atomic E-state index is 13.0. The van der Waals surface area contributed by atoms with Crippen LogP contribution in [-0.4, -0.2) is 28.5 Å². The minimum absolute atomic E-state index is 0.0338. The van der Waals surface area contributed by atoms with E-state index in [4.69, 9.17) is 8.92 Å². The second-order valence-electron chi connectivity index (χ2n) is 6.93. The Morgan fingerprint density at radius 3 is 2.22 bits per heavy atom. The van der Waals surface area contributed by atoms with Crippen LogP contribution < -0.4 is 0 Å². The molecule has 0 fully saturated rings. The molecular formula is C23H22F3NO4S. The van der Waals surface area contributed by atoms with Crippen molar-refractivity contribution in [2.45, 2.75) is 31.3 Å². The molecule has 5 nitrogen and oxygen atoms in total. The highest BCUT2D eigenvalue weighted by atomic mass is 32.2. The molecule has 1 unspecified atom stereocenters. The average molecular weight is 465 g/mol. The first kappa shape index (κ1) is 23.7. The van der Waals surface area contributed by atoms with Crippen LogP contribution in [0.2, 0.25) is 0 Å². The van der Waals surface area contributed by atoms with Gasteiger partial charge in [0.1, 0.15) is 0 Å². The van der Waals surface area contributed by atoms with Gasteiger partial charge in [-0.3, -0.25) is 8.98 Å². The van der Waals surface area contributed by atoms with Crippen molar-refractivity contribution in [3.8, 4) is 16.9 Å². The topological polar surface area (TPSA) is 57.5 Å². The van der Waals surface area contributed by atoms with E-state index < -0.39 is 28.8 Å². The lowest BCUT2D eigenvalue weighted by Gasteiger charge is -2.14. The summed E-state index contributed by atoms with van der Waals surface area (Å²) in [5, 5.41) is 0. The Kier molecular flexibility index (Phi) is 7.20. The maximum Gasteiger partial charge on any atom is 0.416 e. The van der Waals surface area contributed by atoms with Crippen molar-refractivity contribution in [2.24, 2.45) is 0 Å². The van der Waals surface area contributed by atoms with Gasteiger partial charge in [0.15, 0.2) is 11.1 Å². The fourth-order valence-corrected chi connectivity index (χ4v) is 3.93. The number of hydrogen-bond donors (Lipinski definition) is 0. The number of aromatic nitrogens is 1. The van der Waals surface area contributed by atoms with Crippen LogP contribution in [0, 0.1) is 6.92 Å². The predicted molar refractivity (Wildman–Crippen MR) is 115 cm³/mol. The summed E-state index contributed by atoms with van der Waals surface area (Å²) >= 11 is -1.59. The van der Waals surface area contributed by atoms with E-state index in [1.54, 1.807) is 42.7 Å². The number of halogens is 3. The van der Waals surface area contributed by atoms with Gasteiger partial charge < -0.3 is 9.30 Å². The monoisotopic (exact) mass is 465 g/mol. The molecule has 3 rings (SSSR count). The van der Waals surface area contributed by atoms with Crippen molar-refractivity contribution < 1.29 is 31.1 Å². The third-order valence-corrected chi connectivity index (χ3v) is 5.90. The van der Waals surface area contributed by atoms with E-state index in [1.165, 1.54) is 19.2 Å². The highest BCUT2D eigenvalue weighted by Crippen LogP contribution is 2.33. The molecule has 0 spiro atoms. The number of rotatable bonds is 7. The molecule has 1 atom stereocenters. The Labute approximate surface area is 186 Å². The van der Waals surface area contributed by atoms with Crippen LogP contribution in [0.5, 0.6) is 0 Å². The van der Waals surface area contributed by atoms with E-state index in [2.05, 4.69) is 0 Å². The number of alkyl halides is 3. The third-order valence-electron chi connectivity index (χ3n) is 4.94. The fraction of sp³-hybridized carbons (Fsp3) is 0.261. The van der Waals surface area contributed by atoms with Crippen molar-refractivity contribution in [1.82, 2.24) is 4.57 Å². The average Bonchev–Trinajstić information content (AvgIpc) is 3.08. The molecule has 0 saturated heterocycles. The summed E-state index contributed by atoms with van der Waals surface area (Å²) in [6.07, 6.45) is -4.40. The van der Waals surface area contributed by atoms with Gasteiger partial charge in [-0.1, -0.05) is 12.1 Å². The smallest absolute Gasteiger partial charge is 0.416 e. The molecule has 9 heteroatoms. The van der Waals surface area contributed by atoms with Crippen molar-refractivity contribution in [2.75, 3.05) is 13.7 Å². The highest BCUT2D eigenvalue weighted by Gasteiger charge is 2.30. The first-order valence-corrected chi connectivity index (χ1v) is 10.8. The first-order chi connectivity index (χ1) is 15.2. The SMILES string of the molecule is CCOC(=O)Cc1cc(-c2ccc(S(=O)OC)cc2)n(-c2ccc(C(F)(F)F)cc2)c1C. The normalized spacial score (nSPS) is 12.6. The minimum Gasteiger partial charge on any atom is -0.466 e. The summed E-state index contributed by atoms with van der Waals surface area (Å²) in [7, 11) is 1.34. The molecule has 170 valence electrons. The van der Waals surface area contributed by atoms with Gasteiger partial charge in [0.25, 0.3) is 0 Å². The quantitative estimate of drug-likeness (QED) is 0.448. The van der Waals surface area contributed by atoms with Crippen LogP contribution in [0.4, 0.5) is 13.2 Å².